The Morgan fingerprint density at radius 1 is 1.44 bits per heavy atom. The monoisotopic (exact) mass is 224 g/mol. The zero-order chi connectivity index (χ0) is 12.3. The van der Waals surface area contributed by atoms with Crippen molar-refractivity contribution in [1.29, 1.82) is 0 Å². The van der Waals surface area contributed by atoms with Crippen molar-refractivity contribution in [3.8, 4) is 0 Å². The highest BCUT2D eigenvalue weighted by molar-refractivity contribution is 5.92. The molecule has 0 saturated carbocycles. The molecule has 1 aromatic carbocycles. The highest BCUT2D eigenvalue weighted by Crippen LogP contribution is 2.18. The van der Waals surface area contributed by atoms with Crippen molar-refractivity contribution < 1.29 is 19.6 Å². The van der Waals surface area contributed by atoms with E-state index in [-0.39, 0.29) is 23.2 Å². The highest BCUT2D eigenvalue weighted by Gasteiger charge is 2.16. The van der Waals surface area contributed by atoms with Gasteiger partial charge in [0.15, 0.2) is 0 Å². The Labute approximate surface area is 89.6 Å². The first kappa shape index (κ1) is 11.6. The molecule has 7 nitrogen and oxygen atoms in total. The van der Waals surface area contributed by atoms with Gasteiger partial charge in [0.05, 0.1) is 16.9 Å². The molecule has 0 aliphatic rings. The van der Waals surface area contributed by atoms with Crippen molar-refractivity contribution in [3.63, 3.8) is 0 Å². The lowest BCUT2D eigenvalue weighted by Gasteiger charge is -2.03. The average molecular weight is 224 g/mol. The van der Waals surface area contributed by atoms with Gasteiger partial charge in [-0.3, -0.25) is 14.9 Å². The van der Waals surface area contributed by atoms with E-state index in [4.69, 9.17) is 10.8 Å². The number of carbonyl (C=O) groups is 2. The van der Waals surface area contributed by atoms with Crippen molar-refractivity contribution in [1.82, 2.24) is 0 Å². The summed E-state index contributed by atoms with van der Waals surface area (Å²) < 4.78 is 0. The van der Waals surface area contributed by atoms with Crippen molar-refractivity contribution in [2.24, 2.45) is 5.73 Å². The second-order valence-electron chi connectivity index (χ2n) is 3.05. The van der Waals surface area contributed by atoms with E-state index < -0.39 is 16.8 Å². The topological polar surface area (TPSA) is 124 Å². The number of nitrogens with zero attached hydrogens (tertiary/aromatic N) is 1. The summed E-state index contributed by atoms with van der Waals surface area (Å²) >= 11 is 0. The molecule has 1 amide bonds. The van der Waals surface area contributed by atoms with E-state index in [9.17, 15) is 19.7 Å². The first-order chi connectivity index (χ1) is 7.41. The minimum atomic E-state index is -1.33. The highest BCUT2D eigenvalue weighted by atomic mass is 16.6. The molecule has 0 radical (unpaired) electrons. The number of carbonyl (C=O) groups excluding carboxylic acids is 1. The second kappa shape index (κ2) is 4.39. The quantitative estimate of drug-likeness (QED) is 0.563. The summed E-state index contributed by atoms with van der Waals surface area (Å²) in [6.45, 7) is 0. The molecule has 0 aliphatic heterocycles. The summed E-state index contributed by atoms with van der Waals surface area (Å²) in [6.07, 6.45) is -0.264. The van der Waals surface area contributed by atoms with Gasteiger partial charge < -0.3 is 10.8 Å². The van der Waals surface area contributed by atoms with Crippen LogP contribution in [-0.4, -0.2) is 21.9 Å². The van der Waals surface area contributed by atoms with Crippen LogP contribution in [0.4, 0.5) is 5.69 Å². The average Bonchev–Trinajstić information content (AvgIpc) is 2.16. The molecular weight excluding hydrogens is 216 g/mol. The Morgan fingerprint density at radius 2 is 2.06 bits per heavy atom. The van der Waals surface area contributed by atoms with Crippen LogP contribution < -0.4 is 5.73 Å². The fourth-order valence-electron chi connectivity index (χ4n) is 1.22. The summed E-state index contributed by atoms with van der Waals surface area (Å²) in [4.78, 5) is 31.2. The van der Waals surface area contributed by atoms with Gasteiger partial charge in [-0.05, 0) is 5.56 Å². The maximum atomic E-state index is 10.8. The van der Waals surface area contributed by atoms with E-state index in [1.807, 2.05) is 0 Å². The molecule has 0 aliphatic carbocycles. The SMILES string of the molecule is NC(=O)Cc1ccc([N+](=O)[O-])cc1C(=O)O. The van der Waals surface area contributed by atoms with Gasteiger partial charge in [-0.1, -0.05) is 6.07 Å². The van der Waals surface area contributed by atoms with E-state index in [1.165, 1.54) is 6.07 Å². The number of non-ortho nitro benzene ring substituents is 1. The summed E-state index contributed by atoms with van der Waals surface area (Å²) in [5.74, 6) is -2.03. The van der Waals surface area contributed by atoms with Gasteiger partial charge in [-0.2, -0.15) is 0 Å². The predicted molar refractivity (Wildman–Crippen MR) is 53.0 cm³/mol. The van der Waals surface area contributed by atoms with Crippen LogP contribution in [0, 0.1) is 10.1 Å². The number of rotatable bonds is 4. The molecule has 0 fully saturated rings. The predicted octanol–water partition coefficient (Wildman–Crippen LogP) is 0.321. The van der Waals surface area contributed by atoms with Crippen molar-refractivity contribution in [2.75, 3.05) is 0 Å². The Bertz CT molecular complexity index is 469. The first-order valence-electron chi connectivity index (χ1n) is 4.20. The summed E-state index contributed by atoms with van der Waals surface area (Å²) in [5, 5.41) is 19.2. The molecule has 0 saturated heterocycles. The van der Waals surface area contributed by atoms with Crippen molar-refractivity contribution in [2.45, 2.75) is 6.42 Å². The molecule has 0 spiro atoms. The molecule has 16 heavy (non-hydrogen) atoms. The molecule has 84 valence electrons. The van der Waals surface area contributed by atoms with Crippen LogP contribution >= 0.6 is 0 Å². The normalized spacial score (nSPS) is 9.75. The van der Waals surface area contributed by atoms with E-state index in [0.29, 0.717) is 0 Å². The fourth-order valence-corrected chi connectivity index (χ4v) is 1.22. The standard InChI is InChI=1S/C9H8N2O5/c10-8(12)3-5-1-2-6(11(15)16)4-7(5)9(13)14/h1-2,4H,3H2,(H2,10,12)(H,13,14). The molecule has 0 atom stereocenters. The maximum Gasteiger partial charge on any atom is 0.336 e. The van der Waals surface area contributed by atoms with Gasteiger partial charge in [-0.15, -0.1) is 0 Å². The Hall–Kier alpha value is -2.44. The minimum absolute atomic E-state index is 0.158. The molecule has 1 aromatic rings. The minimum Gasteiger partial charge on any atom is -0.478 e. The van der Waals surface area contributed by atoms with Crippen LogP contribution in [0.25, 0.3) is 0 Å². The lowest BCUT2D eigenvalue weighted by Crippen LogP contribution is -2.16. The third kappa shape index (κ3) is 2.53. The number of hydrogen-bond donors (Lipinski definition) is 2. The van der Waals surface area contributed by atoms with E-state index in [0.717, 1.165) is 12.1 Å². The first-order valence-corrected chi connectivity index (χ1v) is 4.20. The van der Waals surface area contributed by atoms with E-state index >= 15 is 0 Å². The number of benzene rings is 1. The number of amides is 1. The number of carboxylic acid groups (broad SMARTS) is 1. The molecule has 0 heterocycles. The van der Waals surface area contributed by atoms with Gasteiger partial charge >= 0.3 is 5.97 Å². The smallest absolute Gasteiger partial charge is 0.336 e. The van der Waals surface area contributed by atoms with Crippen LogP contribution in [-0.2, 0) is 11.2 Å². The van der Waals surface area contributed by atoms with E-state index in [2.05, 4.69) is 0 Å². The zero-order valence-electron chi connectivity index (χ0n) is 8.04. The number of hydrogen-bond acceptors (Lipinski definition) is 4. The van der Waals surface area contributed by atoms with Crippen LogP contribution in [0.1, 0.15) is 15.9 Å². The third-order valence-corrected chi connectivity index (χ3v) is 1.90. The lowest BCUT2D eigenvalue weighted by molar-refractivity contribution is -0.384. The van der Waals surface area contributed by atoms with Gasteiger partial charge in [-0.25, -0.2) is 4.79 Å². The van der Waals surface area contributed by atoms with E-state index in [1.54, 1.807) is 0 Å². The fraction of sp³-hybridized carbons (Fsp3) is 0.111. The molecular formula is C9H8N2O5. The van der Waals surface area contributed by atoms with Crippen LogP contribution in [0.15, 0.2) is 18.2 Å². The number of aromatic carboxylic acids is 1. The van der Waals surface area contributed by atoms with Gasteiger partial charge in [0.2, 0.25) is 5.91 Å². The zero-order valence-corrected chi connectivity index (χ0v) is 8.04. The molecule has 0 unspecified atom stereocenters. The van der Waals surface area contributed by atoms with Gasteiger partial charge in [0.1, 0.15) is 0 Å². The molecule has 0 aromatic heterocycles. The number of nitro groups is 1. The number of nitrogens with two attached hydrogens (primary N) is 1. The molecule has 3 N–H and O–H groups in total. The lowest BCUT2D eigenvalue weighted by atomic mass is 10.0. The van der Waals surface area contributed by atoms with Gasteiger partial charge in [0, 0.05) is 12.1 Å². The van der Waals surface area contributed by atoms with Crippen LogP contribution in [0.3, 0.4) is 0 Å². The largest absolute Gasteiger partial charge is 0.478 e. The summed E-state index contributed by atoms with van der Waals surface area (Å²) in [7, 11) is 0. The summed E-state index contributed by atoms with van der Waals surface area (Å²) in [6, 6.07) is 3.25. The van der Waals surface area contributed by atoms with Crippen LogP contribution in [0.5, 0.6) is 0 Å². The van der Waals surface area contributed by atoms with Gasteiger partial charge in [0.25, 0.3) is 5.69 Å². The number of nitro benzene ring substituents is 1. The Kier molecular flexibility index (Phi) is 3.19. The Balaban J connectivity index is 3.24. The number of primary amides is 1. The summed E-state index contributed by atoms with van der Waals surface area (Å²) in [5.41, 5.74) is 4.46. The van der Waals surface area contributed by atoms with Crippen molar-refractivity contribution >= 4 is 17.6 Å². The molecule has 1 rings (SSSR count). The molecule has 7 heteroatoms. The molecule has 0 bridgehead atoms. The Morgan fingerprint density at radius 3 is 2.50 bits per heavy atom. The van der Waals surface area contributed by atoms with Crippen molar-refractivity contribution in [3.05, 3.63) is 39.4 Å². The number of carboxylic acids is 1. The second-order valence-corrected chi connectivity index (χ2v) is 3.05. The van der Waals surface area contributed by atoms with Crippen LogP contribution in [0.2, 0.25) is 0 Å². The third-order valence-electron chi connectivity index (χ3n) is 1.90. The maximum absolute atomic E-state index is 10.8.